The first kappa shape index (κ1) is 16.5. The minimum Gasteiger partial charge on any atom is -0.389 e. The third kappa shape index (κ3) is 3.41. The lowest BCUT2D eigenvalue weighted by molar-refractivity contribution is -0.142. The van der Waals surface area contributed by atoms with Crippen molar-refractivity contribution in [1.29, 1.82) is 0 Å². The van der Waals surface area contributed by atoms with E-state index in [0.717, 1.165) is 43.7 Å². The molecule has 0 aliphatic carbocycles. The summed E-state index contributed by atoms with van der Waals surface area (Å²) in [7, 11) is 0. The summed E-state index contributed by atoms with van der Waals surface area (Å²) >= 11 is 0. The monoisotopic (exact) mass is 342 g/mol. The fraction of sp³-hybridized carbons (Fsp3) is 0.579. The van der Waals surface area contributed by atoms with Crippen LogP contribution in [-0.4, -0.2) is 69.0 Å². The summed E-state index contributed by atoms with van der Waals surface area (Å²) < 4.78 is 2.14. The number of fused-ring (bicyclic) bond motifs is 1. The Balaban J connectivity index is 1.34. The molecule has 0 aromatic carbocycles. The highest BCUT2D eigenvalue weighted by Crippen LogP contribution is 2.28. The summed E-state index contributed by atoms with van der Waals surface area (Å²) in [6.07, 6.45) is 7.13. The Morgan fingerprint density at radius 3 is 2.68 bits per heavy atom. The summed E-state index contributed by atoms with van der Waals surface area (Å²) in [5.41, 5.74) is 3.51. The quantitative estimate of drug-likeness (QED) is 0.909. The number of carbonyl (C=O) groups excluding carboxylic acids is 1. The van der Waals surface area contributed by atoms with E-state index in [-0.39, 0.29) is 12.0 Å². The number of nitrogens with zero attached hydrogens (tertiary/aromatic N) is 4. The smallest absolute Gasteiger partial charge is 0.236 e. The van der Waals surface area contributed by atoms with Crippen molar-refractivity contribution >= 4 is 11.6 Å². The molecule has 25 heavy (non-hydrogen) atoms. The molecule has 0 bridgehead atoms. The van der Waals surface area contributed by atoms with E-state index in [1.54, 1.807) is 4.90 Å². The van der Waals surface area contributed by atoms with Crippen LogP contribution in [0.1, 0.15) is 36.9 Å². The van der Waals surface area contributed by atoms with Crippen molar-refractivity contribution in [1.82, 2.24) is 19.2 Å². The van der Waals surface area contributed by atoms with Gasteiger partial charge in [-0.25, -0.2) is 4.98 Å². The van der Waals surface area contributed by atoms with Crippen molar-refractivity contribution in [3.05, 3.63) is 35.8 Å². The summed E-state index contributed by atoms with van der Waals surface area (Å²) in [4.78, 5) is 20.7. The Morgan fingerprint density at radius 1 is 1.24 bits per heavy atom. The average Bonchev–Trinajstić information content (AvgIpc) is 3.02. The lowest BCUT2D eigenvalue weighted by Gasteiger charge is -2.38. The van der Waals surface area contributed by atoms with Gasteiger partial charge in [0.15, 0.2) is 0 Å². The van der Waals surface area contributed by atoms with Gasteiger partial charge in [-0.15, -0.1) is 0 Å². The number of pyridine rings is 1. The van der Waals surface area contributed by atoms with Crippen molar-refractivity contribution < 1.29 is 9.90 Å². The van der Waals surface area contributed by atoms with Crippen LogP contribution in [0, 0.1) is 0 Å². The molecule has 4 heterocycles. The van der Waals surface area contributed by atoms with Crippen LogP contribution < -0.4 is 0 Å². The number of imidazole rings is 1. The second kappa shape index (κ2) is 6.77. The van der Waals surface area contributed by atoms with Gasteiger partial charge >= 0.3 is 0 Å². The molecule has 6 heteroatoms. The van der Waals surface area contributed by atoms with E-state index in [1.807, 2.05) is 0 Å². The van der Waals surface area contributed by atoms with Crippen LogP contribution in [0.5, 0.6) is 0 Å². The Hall–Kier alpha value is -1.92. The number of hydrogen-bond acceptors (Lipinski definition) is 4. The fourth-order valence-corrected chi connectivity index (χ4v) is 3.85. The maximum Gasteiger partial charge on any atom is 0.236 e. The second-order valence-corrected chi connectivity index (χ2v) is 7.32. The Morgan fingerprint density at radius 2 is 2.00 bits per heavy atom. The van der Waals surface area contributed by atoms with Crippen molar-refractivity contribution in [2.24, 2.45) is 0 Å². The molecule has 2 aromatic rings. The number of aryl methyl sites for hydroxylation is 1. The van der Waals surface area contributed by atoms with Crippen molar-refractivity contribution in [3.63, 3.8) is 0 Å². The SMILES string of the molecule is CCc1cn2cc(C3CCN(CC(=O)N4CC(O)C4)CC3)ccc2n1. The van der Waals surface area contributed by atoms with E-state index in [0.29, 0.717) is 25.6 Å². The van der Waals surface area contributed by atoms with Gasteiger partial charge in [-0.3, -0.25) is 9.69 Å². The minimum atomic E-state index is -0.319. The second-order valence-electron chi connectivity index (χ2n) is 7.32. The number of piperidine rings is 1. The van der Waals surface area contributed by atoms with Crippen LogP contribution in [0.3, 0.4) is 0 Å². The molecule has 1 amide bonds. The lowest BCUT2D eigenvalue weighted by atomic mass is 9.90. The molecule has 0 spiro atoms. The normalized spacial score (nSPS) is 20.2. The van der Waals surface area contributed by atoms with Crippen LogP contribution in [0.15, 0.2) is 24.5 Å². The Bertz CT molecular complexity index is 758. The molecule has 0 unspecified atom stereocenters. The zero-order valence-corrected chi connectivity index (χ0v) is 14.8. The zero-order chi connectivity index (χ0) is 17.4. The van der Waals surface area contributed by atoms with Crippen molar-refractivity contribution in [3.8, 4) is 0 Å². The number of amides is 1. The van der Waals surface area contributed by atoms with Crippen LogP contribution in [0.25, 0.3) is 5.65 Å². The van der Waals surface area contributed by atoms with Gasteiger partial charge in [0, 0.05) is 25.5 Å². The number of β-amino-alcohol motifs (C(OH)–C–C–N with tert-alkyl or cyclic N) is 1. The van der Waals surface area contributed by atoms with E-state index in [1.165, 1.54) is 5.56 Å². The third-order valence-electron chi connectivity index (χ3n) is 5.52. The molecule has 0 radical (unpaired) electrons. The van der Waals surface area contributed by atoms with Gasteiger partial charge in [-0.2, -0.15) is 0 Å². The number of hydrogen-bond donors (Lipinski definition) is 1. The molecule has 0 saturated carbocycles. The first-order valence-corrected chi connectivity index (χ1v) is 9.28. The van der Waals surface area contributed by atoms with Crippen LogP contribution in [0.2, 0.25) is 0 Å². The van der Waals surface area contributed by atoms with Gasteiger partial charge in [0.25, 0.3) is 0 Å². The fourth-order valence-electron chi connectivity index (χ4n) is 3.85. The number of carbonyl (C=O) groups is 1. The molecule has 2 fully saturated rings. The van der Waals surface area contributed by atoms with Crippen LogP contribution >= 0.6 is 0 Å². The van der Waals surface area contributed by atoms with Gasteiger partial charge in [0.05, 0.1) is 18.3 Å². The van der Waals surface area contributed by atoms with E-state index in [9.17, 15) is 9.90 Å². The highest BCUT2D eigenvalue weighted by atomic mass is 16.3. The standard InChI is InChI=1S/C19H26N4O2/c1-2-16-10-22-9-15(3-4-18(22)20-16)14-5-7-21(8-6-14)13-19(25)23-11-17(24)12-23/h3-4,9-10,14,17,24H,2,5-8,11-13H2,1H3. The summed E-state index contributed by atoms with van der Waals surface area (Å²) in [5.74, 6) is 0.699. The maximum absolute atomic E-state index is 12.1. The van der Waals surface area contributed by atoms with Crippen molar-refractivity contribution in [2.75, 3.05) is 32.7 Å². The lowest BCUT2D eigenvalue weighted by Crippen LogP contribution is -2.56. The predicted octanol–water partition coefficient (Wildman–Crippen LogP) is 1.28. The van der Waals surface area contributed by atoms with Gasteiger partial charge < -0.3 is 14.4 Å². The minimum absolute atomic E-state index is 0.149. The largest absolute Gasteiger partial charge is 0.389 e. The first-order chi connectivity index (χ1) is 12.1. The van der Waals surface area contributed by atoms with Gasteiger partial charge in [-0.05, 0) is 49.9 Å². The molecule has 134 valence electrons. The highest BCUT2D eigenvalue weighted by molar-refractivity contribution is 5.79. The number of likely N-dealkylation sites (tertiary alicyclic amines) is 2. The molecule has 2 saturated heterocycles. The third-order valence-corrected chi connectivity index (χ3v) is 5.52. The van der Waals surface area contributed by atoms with E-state index >= 15 is 0 Å². The Kier molecular flexibility index (Phi) is 4.48. The van der Waals surface area contributed by atoms with Gasteiger partial charge in [-0.1, -0.05) is 13.0 Å². The van der Waals surface area contributed by atoms with E-state index in [4.69, 9.17) is 0 Å². The van der Waals surface area contributed by atoms with E-state index in [2.05, 4.69) is 45.7 Å². The van der Waals surface area contributed by atoms with Gasteiger partial charge in [0.2, 0.25) is 5.91 Å². The number of aliphatic hydroxyl groups is 1. The molecule has 2 aromatic heterocycles. The molecule has 2 aliphatic heterocycles. The molecule has 4 rings (SSSR count). The number of aliphatic hydroxyl groups excluding tert-OH is 1. The first-order valence-electron chi connectivity index (χ1n) is 9.28. The summed E-state index contributed by atoms with van der Waals surface area (Å²) in [6, 6.07) is 4.31. The van der Waals surface area contributed by atoms with Crippen LogP contribution in [0.4, 0.5) is 0 Å². The predicted molar refractivity (Wildman–Crippen MR) is 95.6 cm³/mol. The van der Waals surface area contributed by atoms with Gasteiger partial charge in [0.1, 0.15) is 5.65 Å². The average molecular weight is 342 g/mol. The summed E-state index contributed by atoms with van der Waals surface area (Å²) in [5, 5.41) is 9.31. The molecule has 6 nitrogen and oxygen atoms in total. The number of aromatic nitrogens is 2. The van der Waals surface area contributed by atoms with E-state index < -0.39 is 0 Å². The zero-order valence-electron chi connectivity index (χ0n) is 14.8. The maximum atomic E-state index is 12.1. The molecule has 1 N–H and O–H groups in total. The molecule has 0 atom stereocenters. The molecule has 2 aliphatic rings. The van der Waals surface area contributed by atoms with Crippen molar-refractivity contribution in [2.45, 2.75) is 38.2 Å². The van der Waals surface area contributed by atoms with Crippen LogP contribution in [-0.2, 0) is 11.2 Å². The molecular weight excluding hydrogens is 316 g/mol. The Labute approximate surface area is 148 Å². The molecular formula is C19H26N4O2. The number of rotatable bonds is 4. The summed E-state index contributed by atoms with van der Waals surface area (Å²) in [6.45, 7) is 5.52. The topological polar surface area (TPSA) is 61.1 Å². The highest BCUT2D eigenvalue weighted by Gasteiger charge is 2.30.